The van der Waals surface area contributed by atoms with E-state index in [0.29, 0.717) is 13.1 Å². The summed E-state index contributed by atoms with van der Waals surface area (Å²) in [5.74, 6) is -0.259. The second-order valence-corrected chi connectivity index (χ2v) is 5.40. The summed E-state index contributed by atoms with van der Waals surface area (Å²) in [6.07, 6.45) is 4.28. The van der Waals surface area contributed by atoms with E-state index in [2.05, 4.69) is 5.32 Å². The monoisotopic (exact) mass is 255 g/mol. The number of aliphatic hydroxyl groups excluding tert-OH is 1. The zero-order valence-corrected chi connectivity index (χ0v) is 10.5. The van der Waals surface area contributed by atoms with Crippen LogP contribution in [0.1, 0.15) is 32.1 Å². The average molecular weight is 255 g/mol. The van der Waals surface area contributed by atoms with Crippen LogP contribution in [0.25, 0.3) is 0 Å². The first-order chi connectivity index (χ1) is 8.56. The van der Waals surface area contributed by atoms with Gasteiger partial charge in [0.25, 0.3) is 0 Å². The standard InChI is InChI=1S/C12H21N3O3/c13-11(18)15-6-1-3-9(7-15)10(17)14-12(8-16)4-2-5-12/h9,16H,1-8H2,(H2,13,18)(H,14,17). The average Bonchev–Trinajstić information content (AvgIpc) is 2.33. The van der Waals surface area contributed by atoms with Gasteiger partial charge in [0.2, 0.25) is 5.91 Å². The number of nitrogens with one attached hydrogen (secondary N) is 1. The van der Waals surface area contributed by atoms with Gasteiger partial charge in [-0.3, -0.25) is 4.79 Å². The summed E-state index contributed by atoms with van der Waals surface area (Å²) in [7, 11) is 0. The van der Waals surface area contributed by atoms with Gasteiger partial charge in [-0.1, -0.05) is 0 Å². The third-order valence-corrected chi connectivity index (χ3v) is 4.11. The Hall–Kier alpha value is -1.30. The molecule has 3 amide bonds. The molecule has 0 radical (unpaired) electrons. The quantitative estimate of drug-likeness (QED) is 0.652. The molecule has 1 saturated heterocycles. The predicted molar refractivity (Wildman–Crippen MR) is 65.7 cm³/mol. The summed E-state index contributed by atoms with van der Waals surface area (Å²) in [5, 5.41) is 12.3. The fraction of sp³-hybridized carbons (Fsp3) is 0.833. The van der Waals surface area contributed by atoms with Crippen LogP contribution < -0.4 is 11.1 Å². The fourth-order valence-electron chi connectivity index (χ4n) is 2.68. The molecule has 6 heteroatoms. The van der Waals surface area contributed by atoms with Crippen LogP contribution in [0.3, 0.4) is 0 Å². The van der Waals surface area contributed by atoms with Gasteiger partial charge in [0, 0.05) is 13.1 Å². The van der Waals surface area contributed by atoms with Gasteiger partial charge in [0.15, 0.2) is 0 Å². The normalized spacial score (nSPS) is 26.3. The molecule has 1 heterocycles. The second kappa shape index (κ2) is 5.14. The molecule has 18 heavy (non-hydrogen) atoms. The van der Waals surface area contributed by atoms with E-state index in [1.54, 1.807) is 0 Å². The van der Waals surface area contributed by atoms with Crippen molar-refractivity contribution in [3.63, 3.8) is 0 Å². The van der Waals surface area contributed by atoms with Crippen molar-refractivity contribution in [1.82, 2.24) is 10.2 Å². The Morgan fingerprint density at radius 1 is 1.39 bits per heavy atom. The second-order valence-electron chi connectivity index (χ2n) is 5.40. The van der Waals surface area contributed by atoms with Crippen LogP contribution in [0, 0.1) is 5.92 Å². The Balaban J connectivity index is 1.90. The van der Waals surface area contributed by atoms with Gasteiger partial charge in [-0.05, 0) is 32.1 Å². The number of likely N-dealkylation sites (tertiary alicyclic amines) is 1. The summed E-state index contributed by atoms with van der Waals surface area (Å²) in [6, 6.07) is -0.465. The summed E-state index contributed by atoms with van der Waals surface area (Å²) >= 11 is 0. The van der Waals surface area contributed by atoms with Crippen molar-refractivity contribution in [2.75, 3.05) is 19.7 Å². The maximum atomic E-state index is 12.1. The third-order valence-electron chi connectivity index (χ3n) is 4.11. The molecule has 1 atom stereocenters. The van der Waals surface area contributed by atoms with E-state index in [1.807, 2.05) is 0 Å². The largest absolute Gasteiger partial charge is 0.394 e. The van der Waals surface area contributed by atoms with Crippen LogP contribution >= 0.6 is 0 Å². The van der Waals surface area contributed by atoms with E-state index in [4.69, 9.17) is 5.73 Å². The molecule has 1 saturated carbocycles. The van der Waals surface area contributed by atoms with Gasteiger partial charge < -0.3 is 21.1 Å². The highest BCUT2D eigenvalue weighted by molar-refractivity contribution is 5.81. The molecule has 0 aromatic heterocycles. The first kappa shape index (κ1) is 13.1. The highest BCUT2D eigenvalue weighted by atomic mass is 16.3. The molecule has 0 spiro atoms. The van der Waals surface area contributed by atoms with Crippen LogP contribution in [-0.2, 0) is 4.79 Å². The Morgan fingerprint density at radius 3 is 2.61 bits per heavy atom. The van der Waals surface area contributed by atoms with Crippen molar-refractivity contribution >= 4 is 11.9 Å². The summed E-state index contributed by atoms with van der Waals surface area (Å²) in [4.78, 5) is 24.8. The molecule has 6 nitrogen and oxygen atoms in total. The number of nitrogens with zero attached hydrogens (tertiary/aromatic N) is 1. The lowest BCUT2D eigenvalue weighted by molar-refractivity contribution is -0.130. The number of nitrogens with two attached hydrogens (primary N) is 1. The number of carbonyl (C=O) groups is 2. The molecule has 2 fully saturated rings. The van der Waals surface area contributed by atoms with Crippen LogP contribution in [-0.4, -0.2) is 47.2 Å². The molecule has 4 N–H and O–H groups in total. The molecular weight excluding hydrogens is 234 g/mol. The number of hydrogen-bond acceptors (Lipinski definition) is 3. The van der Waals surface area contributed by atoms with Crippen molar-refractivity contribution in [2.45, 2.75) is 37.6 Å². The maximum absolute atomic E-state index is 12.1. The lowest BCUT2D eigenvalue weighted by Gasteiger charge is -2.42. The van der Waals surface area contributed by atoms with Crippen molar-refractivity contribution in [3.8, 4) is 0 Å². The molecule has 0 aromatic rings. The lowest BCUT2D eigenvalue weighted by atomic mass is 9.77. The van der Waals surface area contributed by atoms with Crippen molar-refractivity contribution in [1.29, 1.82) is 0 Å². The van der Waals surface area contributed by atoms with E-state index in [0.717, 1.165) is 32.1 Å². The number of amides is 3. The van der Waals surface area contributed by atoms with E-state index >= 15 is 0 Å². The minimum atomic E-state index is -0.465. The van der Waals surface area contributed by atoms with Gasteiger partial charge in [0.1, 0.15) is 0 Å². The zero-order chi connectivity index (χ0) is 13.2. The Bertz CT molecular complexity index is 336. The molecule has 1 unspecified atom stereocenters. The Kier molecular flexibility index (Phi) is 3.75. The maximum Gasteiger partial charge on any atom is 0.314 e. The van der Waals surface area contributed by atoms with Crippen LogP contribution in [0.5, 0.6) is 0 Å². The van der Waals surface area contributed by atoms with Gasteiger partial charge in [-0.15, -0.1) is 0 Å². The molecule has 2 rings (SSSR count). The lowest BCUT2D eigenvalue weighted by Crippen LogP contribution is -2.59. The van der Waals surface area contributed by atoms with Crippen LogP contribution in [0.15, 0.2) is 0 Å². The van der Waals surface area contributed by atoms with Gasteiger partial charge in [-0.25, -0.2) is 4.79 Å². The van der Waals surface area contributed by atoms with Gasteiger partial charge in [0.05, 0.1) is 18.1 Å². The minimum Gasteiger partial charge on any atom is -0.394 e. The predicted octanol–water partition coefficient (Wildman–Crippen LogP) is -0.192. The van der Waals surface area contributed by atoms with Gasteiger partial charge >= 0.3 is 6.03 Å². The van der Waals surface area contributed by atoms with E-state index in [-0.39, 0.29) is 18.4 Å². The van der Waals surface area contributed by atoms with Crippen molar-refractivity contribution in [3.05, 3.63) is 0 Å². The molecular formula is C12H21N3O3. The summed E-state index contributed by atoms with van der Waals surface area (Å²) in [5.41, 5.74) is 4.82. The molecule has 0 aromatic carbocycles. The topological polar surface area (TPSA) is 95.7 Å². The SMILES string of the molecule is NC(=O)N1CCCC(C(=O)NC2(CO)CCC2)C1. The molecule has 0 bridgehead atoms. The first-order valence-corrected chi connectivity index (χ1v) is 6.54. The molecule has 102 valence electrons. The van der Waals surface area contributed by atoms with Crippen molar-refractivity contribution < 1.29 is 14.7 Å². The highest BCUT2D eigenvalue weighted by Crippen LogP contribution is 2.32. The molecule has 2 aliphatic rings. The number of urea groups is 1. The number of piperidine rings is 1. The molecule has 1 aliphatic carbocycles. The van der Waals surface area contributed by atoms with Gasteiger partial charge in [-0.2, -0.15) is 0 Å². The number of aliphatic hydroxyl groups is 1. The summed E-state index contributed by atoms with van der Waals surface area (Å²) < 4.78 is 0. The smallest absolute Gasteiger partial charge is 0.314 e. The third kappa shape index (κ3) is 2.58. The van der Waals surface area contributed by atoms with Crippen LogP contribution in [0.2, 0.25) is 0 Å². The minimum absolute atomic E-state index is 0.00893. The number of primary amides is 1. The van der Waals surface area contributed by atoms with E-state index < -0.39 is 11.6 Å². The first-order valence-electron chi connectivity index (χ1n) is 6.54. The number of hydrogen-bond donors (Lipinski definition) is 3. The Morgan fingerprint density at radius 2 is 2.11 bits per heavy atom. The number of rotatable bonds is 3. The fourth-order valence-corrected chi connectivity index (χ4v) is 2.68. The zero-order valence-electron chi connectivity index (χ0n) is 10.5. The Labute approximate surface area is 107 Å². The van der Waals surface area contributed by atoms with Crippen molar-refractivity contribution in [2.24, 2.45) is 11.7 Å². The molecule has 1 aliphatic heterocycles. The van der Waals surface area contributed by atoms with E-state index in [9.17, 15) is 14.7 Å². The summed E-state index contributed by atoms with van der Waals surface area (Å²) in [6.45, 7) is 1.01. The van der Waals surface area contributed by atoms with Crippen LogP contribution in [0.4, 0.5) is 4.79 Å². The van der Waals surface area contributed by atoms with E-state index in [1.165, 1.54) is 4.90 Å². The number of carbonyl (C=O) groups excluding carboxylic acids is 2. The highest BCUT2D eigenvalue weighted by Gasteiger charge is 2.39.